The Balaban J connectivity index is 1.01. The fourth-order valence-electron chi connectivity index (χ4n) is 9.75. The molecule has 0 amide bonds. The number of aromatic nitrogens is 2. The van der Waals surface area contributed by atoms with Gasteiger partial charge < -0.3 is 4.74 Å². The molecule has 0 fully saturated rings. The topological polar surface area (TPSA) is 35.0 Å². The van der Waals surface area contributed by atoms with Gasteiger partial charge in [-0.15, -0.1) is 0 Å². The van der Waals surface area contributed by atoms with Crippen LogP contribution in [0, 0.1) is 0 Å². The molecular formula is C59H38N2O. The maximum atomic E-state index is 6.91. The van der Waals surface area contributed by atoms with E-state index in [1.807, 2.05) is 12.1 Å². The van der Waals surface area contributed by atoms with Crippen LogP contribution in [-0.2, 0) is 5.41 Å². The molecule has 0 saturated carbocycles. The molecule has 2 aliphatic rings. The standard InChI is InChI=1S/C59H38N2O/c1-3-15-39(16-4-1)41-27-31-43(32-28-41)54-38-55(44-33-29-42(30-34-44)40-17-5-2-6-18-40)61-58(60-54)49-22-8-7-19-46(49)45-35-36-53-57(37-45)62-56-26-14-13-25-52(56)59(53)50-23-11-9-20-47(50)48-21-10-12-24-51(48)59/h1-38H. The molecule has 1 aliphatic heterocycles. The average molecular weight is 791 g/mol. The summed E-state index contributed by atoms with van der Waals surface area (Å²) in [5.74, 6) is 2.37. The van der Waals surface area contributed by atoms with Crippen molar-refractivity contribution in [2.45, 2.75) is 5.41 Å². The summed E-state index contributed by atoms with van der Waals surface area (Å²) in [4.78, 5) is 10.7. The van der Waals surface area contributed by atoms with Crippen molar-refractivity contribution in [3.63, 3.8) is 0 Å². The zero-order valence-electron chi connectivity index (χ0n) is 33.7. The molecule has 3 nitrogen and oxygen atoms in total. The highest BCUT2D eigenvalue weighted by atomic mass is 16.5. The number of hydrogen-bond acceptors (Lipinski definition) is 3. The van der Waals surface area contributed by atoms with Crippen molar-refractivity contribution < 1.29 is 4.74 Å². The molecule has 62 heavy (non-hydrogen) atoms. The van der Waals surface area contributed by atoms with Gasteiger partial charge in [-0.05, 0) is 73.8 Å². The third-order valence-corrected chi connectivity index (χ3v) is 12.6. The minimum Gasteiger partial charge on any atom is -0.457 e. The molecule has 3 heteroatoms. The van der Waals surface area contributed by atoms with Crippen LogP contribution in [0.15, 0.2) is 231 Å². The first-order chi connectivity index (χ1) is 30.7. The van der Waals surface area contributed by atoms with E-state index in [0.717, 1.165) is 73.0 Å². The number of fused-ring (bicyclic) bond motifs is 9. The van der Waals surface area contributed by atoms with Crippen LogP contribution in [0.2, 0.25) is 0 Å². The van der Waals surface area contributed by atoms with Gasteiger partial charge in [-0.25, -0.2) is 9.97 Å². The van der Waals surface area contributed by atoms with Crippen LogP contribution in [0.1, 0.15) is 22.3 Å². The summed E-state index contributed by atoms with van der Waals surface area (Å²) in [5.41, 5.74) is 18.3. The van der Waals surface area contributed by atoms with E-state index >= 15 is 0 Å². The lowest BCUT2D eigenvalue weighted by atomic mass is 9.66. The quantitative estimate of drug-likeness (QED) is 0.168. The van der Waals surface area contributed by atoms with Crippen molar-refractivity contribution in [3.8, 4) is 89.9 Å². The van der Waals surface area contributed by atoms with Gasteiger partial charge in [0.25, 0.3) is 0 Å². The molecule has 10 aromatic rings. The number of ether oxygens (including phenoxy) is 1. The molecule has 0 atom stereocenters. The molecule has 0 saturated heterocycles. The smallest absolute Gasteiger partial charge is 0.161 e. The molecule has 0 bridgehead atoms. The molecular weight excluding hydrogens is 753 g/mol. The molecule has 2 heterocycles. The van der Waals surface area contributed by atoms with Crippen molar-refractivity contribution in [2.24, 2.45) is 0 Å². The molecule has 1 aliphatic carbocycles. The summed E-state index contributed by atoms with van der Waals surface area (Å²) >= 11 is 0. The lowest BCUT2D eigenvalue weighted by Crippen LogP contribution is -2.32. The van der Waals surface area contributed by atoms with Crippen LogP contribution in [0.3, 0.4) is 0 Å². The van der Waals surface area contributed by atoms with Gasteiger partial charge >= 0.3 is 0 Å². The number of para-hydroxylation sites is 1. The Morgan fingerprint density at radius 3 is 1.24 bits per heavy atom. The Morgan fingerprint density at radius 2 is 0.677 bits per heavy atom. The first-order valence-electron chi connectivity index (χ1n) is 21.1. The summed E-state index contributed by atoms with van der Waals surface area (Å²) < 4.78 is 6.91. The Kier molecular flexibility index (Phi) is 8.39. The highest BCUT2D eigenvalue weighted by Gasteiger charge is 2.50. The molecule has 0 N–H and O–H groups in total. The number of rotatable bonds is 6. The first-order valence-corrected chi connectivity index (χ1v) is 21.1. The molecule has 0 radical (unpaired) electrons. The fourth-order valence-corrected chi connectivity index (χ4v) is 9.75. The van der Waals surface area contributed by atoms with Crippen LogP contribution in [-0.4, -0.2) is 9.97 Å². The third-order valence-electron chi connectivity index (χ3n) is 12.6. The van der Waals surface area contributed by atoms with Gasteiger partial charge in [0.05, 0.1) is 16.8 Å². The highest BCUT2D eigenvalue weighted by molar-refractivity contribution is 5.90. The van der Waals surface area contributed by atoms with E-state index in [9.17, 15) is 0 Å². The second kappa shape index (κ2) is 14.5. The maximum Gasteiger partial charge on any atom is 0.161 e. The zero-order valence-corrected chi connectivity index (χ0v) is 33.7. The van der Waals surface area contributed by atoms with E-state index in [1.54, 1.807) is 0 Å². The minimum absolute atomic E-state index is 0.520. The van der Waals surface area contributed by atoms with E-state index in [-0.39, 0.29) is 0 Å². The predicted octanol–water partition coefficient (Wildman–Crippen LogP) is 14.9. The minimum atomic E-state index is -0.520. The molecule has 0 unspecified atom stereocenters. The summed E-state index contributed by atoms with van der Waals surface area (Å²) in [5, 5.41) is 0. The van der Waals surface area contributed by atoms with E-state index in [0.29, 0.717) is 5.82 Å². The summed E-state index contributed by atoms with van der Waals surface area (Å²) in [6, 6.07) is 81.8. The number of hydrogen-bond donors (Lipinski definition) is 0. The Labute approximate surface area is 361 Å². The Bertz CT molecular complexity index is 3150. The largest absolute Gasteiger partial charge is 0.457 e. The lowest BCUT2D eigenvalue weighted by Gasteiger charge is -2.39. The summed E-state index contributed by atoms with van der Waals surface area (Å²) in [6.45, 7) is 0. The third kappa shape index (κ3) is 5.74. The molecule has 1 aromatic heterocycles. The molecule has 12 rings (SSSR count). The predicted molar refractivity (Wildman–Crippen MR) is 252 cm³/mol. The van der Waals surface area contributed by atoms with Gasteiger partial charge in [0.1, 0.15) is 11.5 Å². The van der Waals surface area contributed by atoms with E-state index in [2.05, 4.69) is 218 Å². The zero-order chi connectivity index (χ0) is 41.0. The van der Waals surface area contributed by atoms with Crippen LogP contribution >= 0.6 is 0 Å². The maximum absolute atomic E-state index is 6.91. The van der Waals surface area contributed by atoms with E-state index < -0.39 is 5.41 Å². The van der Waals surface area contributed by atoms with Crippen molar-refractivity contribution in [3.05, 3.63) is 253 Å². The van der Waals surface area contributed by atoms with Crippen molar-refractivity contribution in [1.82, 2.24) is 9.97 Å². The monoisotopic (exact) mass is 790 g/mol. The van der Waals surface area contributed by atoms with Gasteiger partial charge in [-0.3, -0.25) is 0 Å². The number of nitrogens with zero attached hydrogens (tertiary/aromatic N) is 2. The van der Waals surface area contributed by atoms with Crippen molar-refractivity contribution >= 4 is 0 Å². The van der Waals surface area contributed by atoms with Crippen molar-refractivity contribution in [1.29, 1.82) is 0 Å². The Hall–Kier alpha value is -8.14. The van der Waals surface area contributed by atoms with Gasteiger partial charge in [-0.1, -0.05) is 212 Å². The second-order valence-corrected chi connectivity index (χ2v) is 16.0. The second-order valence-electron chi connectivity index (χ2n) is 16.0. The van der Waals surface area contributed by atoms with Crippen LogP contribution < -0.4 is 4.74 Å². The van der Waals surface area contributed by atoms with Gasteiger partial charge in [0, 0.05) is 27.8 Å². The van der Waals surface area contributed by atoms with Crippen LogP contribution in [0.25, 0.3) is 78.4 Å². The molecule has 9 aromatic carbocycles. The highest BCUT2D eigenvalue weighted by Crippen LogP contribution is 2.62. The number of benzene rings is 9. The van der Waals surface area contributed by atoms with Gasteiger partial charge in [0.15, 0.2) is 5.82 Å². The fraction of sp³-hybridized carbons (Fsp3) is 0.0169. The van der Waals surface area contributed by atoms with Crippen LogP contribution in [0.5, 0.6) is 11.5 Å². The van der Waals surface area contributed by atoms with Gasteiger partial charge in [0.2, 0.25) is 0 Å². The summed E-state index contributed by atoms with van der Waals surface area (Å²) in [6.07, 6.45) is 0. The first kappa shape index (κ1) is 35.8. The van der Waals surface area contributed by atoms with Gasteiger partial charge in [-0.2, -0.15) is 0 Å². The Morgan fingerprint density at radius 1 is 0.274 bits per heavy atom. The average Bonchev–Trinajstić information content (AvgIpc) is 3.65. The van der Waals surface area contributed by atoms with Crippen LogP contribution in [0.4, 0.5) is 0 Å². The molecule has 290 valence electrons. The van der Waals surface area contributed by atoms with Crippen molar-refractivity contribution in [2.75, 3.05) is 0 Å². The molecule has 1 spiro atoms. The lowest BCUT2D eigenvalue weighted by molar-refractivity contribution is 0.436. The van der Waals surface area contributed by atoms with E-state index in [1.165, 1.54) is 33.4 Å². The normalized spacial score (nSPS) is 12.8. The summed E-state index contributed by atoms with van der Waals surface area (Å²) in [7, 11) is 0. The van der Waals surface area contributed by atoms with E-state index in [4.69, 9.17) is 14.7 Å². The SMILES string of the molecule is c1ccc(-c2ccc(-c3cc(-c4ccc(-c5ccccc5)cc4)nc(-c4ccccc4-c4ccc5c(c4)Oc4ccccc4C54c5ccccc5-c5ccccc54)n3)cc2)cc1.